The van der Waals surface area contributed by atoms with Crippen LogP contribution in [-0.4, -0.2) is 125 Å². The average Bonchev–Trinajstić information content (AvgIpc) is 3.66. The van der Waals surface area contributed by atoms with Crippen molar-refractivity contribution in [2.75, 3.05) is 62.2 Å². The number of ether oxygens (including phenoxy) is 1. The predicted molar refractivity (Wildman–Crippen MR) is 248 cm³/mol. The zero-order valence-electron chi connectivity index (χ0n) is 37.5. The molecule has 5 saturated heterocycles. The maximum absolute atomic E-state index is 17.1. The summed E-state index contributed by atoms with van der Waals surface area (Å²) in [6.45, 7) is 10.1. The molecule has 3 N–H and O–H groups in total. The van der Waals surface area contributed by atoms with Crippen LogP contribution in [-0.2, 0) is 20.8 Å². The molecule has 7 heterocycles. The number of imide groups is 2. The Kier molecular flexibility index (Phi) is 11.8. The molecule has 5 aromatic rings. The van der Waals surface area contributed by atoms with E-state index in [0.717, 1.165) is 111 Å². The van der Waals surface area contributed by atoms with Crippen molar-refractivity contribution in [3.05, 3.63) is 77.2 Å². The molecule has 16 heteroatoms. The normalized spacial score (nSPS) is 22.0. The van der Waals surface area contributed by atoms with Crippen LogP contribution in [0.3, 0.4) is 0 Å². The standard InChI is InChI=1S/C50H56FN9O6/c1-3-31-5-4-6-32-24-36(62)25-38(42(31)32)44-43(51)45-39(26-52-44)46(59-27-33-7-8-34(28-59)53-33)56-49(55-45)66-22-21-57-17-13-50(14-18-57)15-19-58(20-16-50)35-9-10-37(30(2)23-35)48(65)60(29-61)40-11-12-41(63)54-47(40)64/h4-6,9-10,23-26,29,33-34,40,53,62H,3,7-8,11-22,27-28H2,1-2H3,(H,54,63,64). The average molecular weight is 898 g/mol. The summed E-state index contributed by atoms with van der Waals surface area (Å²) >= 11 is 0. The fourth-order valence-corrected chi connectivity index (χ4v) is 11.1. The third kappa shape index (κ3) is 8.29. The number of phenolic OH excluding ortho intramolecular Hbond substituents is 1. The molecule has 5 aliphatic heterocycles. The fraction of sp³-hybridized carbons (Fsp3) is 0.460. The Labute approximate surface area is 382 Å². The summed E-state index contributed by atoms with van der Waals surface area (Å²) in [5, 5.41) is 18.8. The first-order chi connectivity index (χ1) is 32.0. The second-order valence-corrected chi connectivity index (χ2v) is 18.9. The summed E-state index contributed by atoms with van der Waals surface area (Å²) in [5.74, 6) is -1.50. The molecule has 66 heavy (non-hydrogen) atoms. The minimum Gasteiger partial charge on any atom is -0.508 e. The van der Waals surface area contributed by atoms with Gasteiger partial charge in [-0.2, -0.15) is 9.97 Å². The largest absolute Gasteiger partial charge is 0.508 e. The third-order valence-corrected chi connectivity index (χ3v) is 14.9. The lowest BCUT2D eigenvalue weighted by atomic mass is 9.71. The molecule has 10 rings (SSSR count). The van der Waals surface area contributed by atoms with E-state index in [4.69, 9.17) is 19.7 Å². The van der Waals surface area contributed by atoms with E-state index in [1.165, 1.54) is 0 Å². The van der Waals surface area contributed by atoms with Gasteiger partial charge < -0.3 is 25.0 Å². The highest BCUT2D eigenvalue weighted by Crippen LogP contribution is 2.43. The molecule has 1 spiro atoms. The number of hydrogen-bond donors (Lipinski definition) is 3. The van der Waals surface area contributed by atoms with Crippen LogP contribution >= 0.6 is 0 Å². The van der Waals surface area contributed by atoms with E-state index < -0.39 is 29.6 Å². The smallest absolute Gasteiger partial charge is 0.319 e. The van der Waals surface area contributed by atoms with Gasteiger partial charge in [0.15, 0.2) is 5.82 Å². The van der Waals surface area contributed by atoms with Crippen molar-refractivity contribution in [3.8, 4) is 23.0 Å². The first-order valence-corrected chi connectivity index (χ1v) is 23.4. The number of piperazine rings is 1. The number of phenols is 1. The van der Waals surface area contributed by atoms with Crippen molar-refractivity contribution < 1.29 is 33.4 Å². The zero-order valence-corrected chi connectivity index (χ0v) is 37.5. The van der Waals surface area contributed by atoms with Crippen LogP contribution in [0.1, 0.15) is 79.8 Å². The Morgan fingerprint density at radius 1 is 0.985 bits per heavy atom. The van der Waals surface area contributed by atoms with Gasteiger partial charge >= 0.3 is 6.01 Å². The second-order valence-electron chi connectivity index (χ2n) is 18.9. The number of anilines is 2. The van der Waals surface area contributed by atoms with Crippen molar-refractivity contribution in [1.29, 1.82) is 0 Å². The Morgan fingerprint density at radius 2 is 1.74 bits per heavy atom. The zero-order chi connectivity index (χ0) is 45.7. The Bertz CT molecular complexity index is 2720. The van der Waals surface area contributed by atoms with Gasteiger partial charge in [0.05, 0.1) is 5.39 Å². The minimum absolute atomic E-state index is 0.0400. The first kappa shape index (κ1) is 43.6. The van der Waals surface area contributed by atoms with E-state index in [9.17, 15) is 24.3 Å². The molecule has 15 nitrogen and oxygen atoms in total. The maximum atomic E-state index is 17.1. The van der Waals surface area contributed by atoms with Gasteiger partial charge in [0.25, 0.3) is 5.91 Å². The summed E-state index contributed by atoms with van der Waals surface area (Å²) in [6, 6.07) is 14.6. The Morgan fingerprint density at radius 3 is 2.45 bits per heavy atom. The van der Waals surface area contributed by atoms with Gasteiger partial charge in [-0.1, -0.05) is 25.1 Å². The molecular formula is C50H56FN9O6. The highest BCUT2D eigenvalue weighted by atomic mass is 19.1. The quantitative estimate of drug-likeness (QED) is 0.110. The number of fused-ring (bicyclic) bond motifs is 4. The number of nitrogens with one attached hydrogen (secondary N) is 2. The van der Waals surface area contributed by atoms with Gasteiger partial charge in [0, 0.05) is 74.2 Å². The third-order valence-electron chi connectivity index (χ3n) is 14.9. The van der Waals surface area contributed by atoms with Gasteiger partial charge in [-0.3, -0.25) is 39.3 Å². The number of likely N-dealkylation sites (tertiary alicyclic amines) is 1. The number of carbonyl (C=O) groups is 4. The van der Waals surface area contributed by atoms with Crippen LogP contribution in [0.2, 0.25) is 0 Å². The van der Waals surface area contributed by atoms with Crippen LogP contribution in [0.5, 0.6) is 11.8 Å². The topological polar surface area (TPSA) is 173 Å². The number of amides is 4. The van der Waals surface area contributed by atoms with Gasteiger partial charge in [-0.05, 0) is 129 Å². The number of aromatic hydroxyl groups is 1. The second kappa shape index (κ2) is 17.9. The van der Waals surface area contributed by atoms with Crippen LogP contribution in [0.4, 0.5) is 15.9 Å². The van der Waals surface area contributed by atoms with E-state index in [0.29, 0.717) is 59.5 Å². The van der Waals surface area contributed by atoms with E-state index in [1.807, 2.05) is 37.3 Å². The molecule has 2 bridgehead atoms. The lowest BCUT2D eigenvalue weighted by Crippen LogP contribution is -2.53. The summed E-state index contributed by atoms with van der Waals surface area (Å²) in [6.07, 6.45) is 9.37. The lowest BCUT2D eigenvalue weighted by molar-refractivity contribution is -0.139. The highest BCUT2D eigenvalue weighted by Gasteiger charge is 2.39. The number of aryl methyl sites for hydroxylation is 2. The number of pyridine rings is 1. The maximum Gasteiger partial charge on any atom is 0.319 e. The van der Waals surface area contributed by atoms with E-state index >= 15 is 4.39 Å². The molecule has 3 aromatic carbocycles. The number of aromatic nitrogens is 3. The van der Waals surface area contributed by atoms with Crippen LogP contribution in [0.15, 0.2) is 54.7 Å². The number of piperidine rings is 3. The highest BCUT2D eigenvalue weighted by molar-refractivity contribution is 6.08. The number of halogens is 1. The molecule has 5 fully saturated rings. The van der Waals surface area contributed by atoms with Crippen molar-refractivity contribution in [3.63, 3.8) is 0 Å². The van der Waals surface area contributed by atoms with Gasteiger partial charge in [-0.15, -0.1) is 0 Å². The van der Waals surface area contributed by atoms with Crippen molar-refractivity contribution >= 4 is 57.3 Å². The Balaban J connectivity index is 0.794. The van der Waals surface area contributed by atoms with Crippen LogP contribution in [0.25, 0.3) is 32.9 Å². The summed E-state index contributed by atoms with van der Waals surface area (Å²) < 4.78 is 23.4. The van der Waals surface area contributed by atoms with E-state index in [1.54, 1.807) is 24.4 Å². The van der Waals surface area contributed by atoms with Gasteiger partial charge in [0.2, 0.25) is 18.2 Å². The predicted octanol–water partition coefficient (Wildman–Crippen LogP) is 5.67. The SMILES string of the molecule is CCc1cccc2cc(O)cc(-c3ncc4c(N5CC6CCC(C5)N6)nc(OCCN5CCC6(CC5)CCN(c5ccc(C(=O)N(C=O)C7CCC(=O)NC7=O)c(C)c5)CC6)nc4c3F)c12. The molecule has 5 aliphatic rings. The number of nitrogens with zero attached hydrogens (tertiary/aromatic N) is 7. The first-order valence-electron chi connectivity index (χ1n) is 23.4. The summed E-state index contributed by atoms with van der Waals surface area (Å²) in [7, 11) is 0. The van der Waals surface area contributed by atoms with Crippen molar-refractivity contribution in [2.45, 2.75) is 89.8 Å². The van der Waals surface area contributed by atoms with Crippen molar-refractivity contribution in [1.82, 2.24) is 35.4 Å². The monoisotopic (exact) mass is 897 g/mol. The van der Waals surface area contributed by atoms with E-state index in [2.05, 4.69) is 32.3 Å². The molecular weight excluding hydrogens is 842 g/mol. The summed E-state index contributed by atoms with van der Waals surface area (Å²) in [4.78, 5) is 71.7. The lowest BCUT2D eigenvalue weighted by Gasteiger charge is -2.47. The molecule has 0 saturated carbocycles. The van der Waals surface area contributed by atoms with Crippen molar-refractivity contribution in [2.24, 2.45) is 5.41 Å². The summed E-state index contributed by atoms with van der Waals surface area (Å²) in [5.41, 5.74) is 4.16. The number of benzene rings is 3. The van der Waals surface area contributed by atoms with Gasteiger partial charge in [-0.25, -0.2) is 4.39 Å². The number of rotatable bonds is 11. The fourth-order valence-electron chi connectivity index (χ4n) is 11.1. The number of carbonyl (C=O) groups excluding carboxylic acids is 4. The molecule has 344 valence electrons. The number of hydrogen-bond acceptors (Lipinski definition) is 13. The molecule has 3 unspecified atom stereocenters. The Hall–Kier alpha value is -6.26. The molecule has 4 amide bonds. The molecule has 2 aromatic heterocycles. The van der Waals surface area contributed by atoms with E-state index in [-0.39, 0.29) is 41.2 Å². The molecule has 0 aliphatic carbocycles. The van der Waals surface area contributed by atoms with Gasteiger partial charge in [0.1, 0.15) is 35.4 Å². The van der Waals surface area contributed by atoms with Crippen LogP contribution < -0.4 is 25.2 Å². The molecule has 0 radical (unpaired) electrons. The minimum atomic E-state index is -1.01. The molecule has 3 atom stereocenters. The van der Waals surface area contributed by atoms with Crippen LogP contribution in [0, 0.1) is 18.2 Å².